The monoisotopic (exact) mass is 280 g/mol. The van der Waals surface area contributed by atoms with Crippen molar-refractivity contribution in [1.82, 2.24) is 9.88 Å². The Kier molecular flexibility index (Phi) is 3.15. The lowest BCUT2D eigenvalue weighted by molar-refractivity contribution is -0.144. The molecule has 18 heavy (non-hydrogen) atoms. The van der Waals surface area contributed by atoms with E-state index in [0.29, 0.717) is 6.54 Å². The van der Waals surface area contributed by atoms with Crippen molar-refractivity contribution in [3.63, 3.8) is 0 Å². The van der Waals surface area contributed by atoms with E-state index in [1.54, 1.807) is 28.9 Å². The summed E-state index contributed by atoms with van der Waals surface area (Å²) in [7, 11) is 0. The number of thiophene rings is 1. The molecule has 0 fully saturated rings. The predicted molar refractivity (Wildman–Crippen MR) is 70.9 cm³/mol. The van der Waals surface area contributed by atoms with Crippen LogP contribution in [-0.2, 0) is 17.8 Å². The van der Waals surface area contributed by atoms with Gasteiger partial charge in [0.25, 0.3) is 0 Å². The molecule has 1 unspecified atom stereocenters. The molecule has 1 aliphatic rings. The number of hydrogen-bond acceptors (Lipinski definition) is 5. The molecule has 3 heterocycles. The summed E-state index contributed by atoms with van der Waals surface area (Å²) in [5, 5.41) is 14.3. The molecule has 2 aromatic heterocycles. The fourth-order valence-electron chi connectivity index (χ4n) is 2.33. The van der Waals surface area contributed by atoms with E-state index >= 15 is 0 Å². The Hall–Kier alpha value is -1.24. The first kappa shape index (κ1) is 11.8. The average molecular weight is 280 g/mol. The molecule has 2 aromatic rings. The highest BCUT2D eigenvalue weighted by molar-refractivity contribution is 7.10. The van der Waals surface area contributed by atoms with Crippen molar-refractivity contribution in [1.29, 1.82) is 0 Å². The minimum Gasteiger partial charge on any atom is -0.480 e. The molecule has 0 amide bonds. The van der Waals surface area contributed by atoms with Crippen molar-refractivity contribution in [2.24, 2.45) is 0 Å². The van der Waals surface area contributed by atoms with E-state index in [0.717, 1.165) is 23.5 Å². The molecule has 1 N–H and O–H groups in total. The number of carboxylic acid groups (broad SMARTS) is 1. The number of hydrogen-bond donors (Lipinski definition) is 1. The highest BCUT2D eigenvalue weighted by Gasteiger charge is 2.33. The minimum atomic E-state index is -0.772. The van der Waals surface area contributed by atoms with Crippen molar-refractivity contribution in [3.8, 4) is 0 Å². The molecule has 0 saturated heterocycles. The van der Waals surface area contributed by atoms with Gasteiger partial charge in [-0.3, -0.25) is 9.69 Å². The Labute approximate surface area is 113 Å². The van der Waals surface area contributed by atoms with Crippen molar-refractivity contribution in [2.75, 3.05) is 6.54 Å². The minimum absolute atomic E-state index is 0.524. The highest BCUT2D eigenvalue weighted by atomic mass is 32.1. The predicted octanol–water partition coefficient (Wildman–Crippen LogP) is 2.39. The second-order valence-corrected chi connectivity index (χ2v) is 6.17. The number of rotatable bonds is 3. The van der Waals surface area contributed by atoms with Gasteiger partial charge in [-0.25, -0.2) is 4.98 Å². The zero-order valence-electron chi connectivity index (χ0n) is 9.57. The van der Waals surface area contributed by atoms with Crippen LogP contribution in [0.25, 0.3) is 0 Å². The Bertz CT molecular complexity index is 550. The van der Waals surface area contributed by atoms with Gasteiger partial charge in [0.05, 0.1) is 6.54 Å². The van der Waals surface area contributed by atoms with Gasteiger partial charge in [-0.2, -0.15) is 0 Å². The van der Waals surface area contributed by atoms with E-state index in [9.17, 15) is 9.90 Å². The second-order valence-electron chi connectivity index (χ2n) is 4.19. The maximum Gasteiger partial charge on any atom is 0.325 e. The molecular weight excluding hydrogens is 268 g/mol. The molecule has 0 spiro atoms. The van der Waals surface area contributed by atoms with Crippen LogP contribution in [0.1, 0.15) is 21.5 Å². The van der Waals surface area contributed by atoms with Crippen LogP contribution in [0.2, 0.25) is 0 Å². The number of nitrogens with zero attached hydrogens (tertiary/aromatic N) is 2. The summed E-state index contributed by atoms with van der Waals surface area (Å²) in [6.07, 6.45) is 2.69. The van der Waals surface area contributed by atoms with E-state index in [1.807, 2.05) is 21.7 Å². The molecule has 6 heteroatoms. The first-order valence-electron chi connectivity index (χ1n) is 5.67. The third-order valence-corrected chi connectivity index (χ3v) is 4.88. The quantitative estimate of drug-likeness (QED) is 0.938. The average Bonchev–Trinajstić information content (AvgIpc) is 2.98. The molecule has 1 atom stereocenters. The van der Waals surface area contributed by atoms with Gasteiger partial charge < -0.3 is 5.11 Å². The molecule has 0 radical (unpaired) electrons. The summed E-state index contributed by atoms with van der Waals surface area (Å²) in [6, 6.07) is 1.41. The maximum atomic E-state index is 11.5. The van der Waals surface area contributed by atoms with Gasteiger partial charge in [-0.1, -0.05) is 0 Å². The van der Waals surface area contributed by atoms with Crippen LogP contribution >= 0.6 is 22.7 Å². The Morgan fingerprint density at radius 3 is 3.11 bits per heavy atom. The van der Waals surface area contributed by atoms with E-state index in [1.165, 1.54) is 4.88 Å². The number of aromatic nitrogens is 1. The first-order chi connectivity index (χ1) is 8.75. The molecule has 0 aromatic carbocycles. The molecule has 1 aliphatic heterocycles. The van der Waals surface area contributed by atoms with E-state index < -0.39 is 12.0 Å². The van der Waals surface area contributed by atoms with Crippen molar-refractivity contribution < 1.29 is 9.90 Å². The fraction of sp³-hybridized carbons (Fsp3) is 0.333. The maximum absolute atomic E-state index is 11.5. The van der Waals surface area contributed by atoms with Crippen LogP contribution in [0, 0.1) is 0 Å². The molecule has 4 nitrogen and oxygen atoms in total. The second kappa shape index (κ2) is 4.79. The van der Waals surface area contributed by atoms with Crippen LogP contribution in [0.5, 0.6) is 0 Å². The summed E-state index contributed by atoms with van der Waals surface area (Å²) >= 11 is 3.22. The van der Waals surface area contributed by atoms with Gasteiger partial charge in [-0.15, -0.1) is 22.7 Å². The van der Waals surface area contributed by atoms with E-state index in [4.69, 9.17) is 0 Å². The third kappa shape index (κ3) is 2.07. The summed E-state index contributed by atoms with van der Waals surface area (Å²) in [4.78, 5) is 18.9. The van der Waals surface area contributed by atoms with Crippen molar-refractivity contribution in [2.45, 2.75) is 19.0 Å². The molecule has 0 aliphatic carbocycles. The van der Waals surface area contributed by atoms with Gasteiger partial charge in [-0.05, 0) is 23.4 Å². The molecule has 94 valence electrons. The number of aliphatic carboxylic acids is 1. The van der Waals surface area contributed by atoms with Crippen LogP contribution in [-0.4, -0.2) is 27.5 Å². The fourth-order valence-corrected chi connectivity index (χ4v) is 3.88. The van der Waals surface area contributed by atoms with Crippen LogP contribution in [0.15, 0.2) is 23.0 Å². The number of carboxylic acids is 1. The largest absolute Gasteiger partial charge is 0.480 e. The van der Waals surface area contributed by atoms with Crippen molar-refractivity contribution in [3.05, 3.63) is 38.5 Å². The Morgan fingerprint density at radius 2 is 2.39 bits per heavy atom. The molecule has 0 bridgehead atoms. The van der Waals surface area contributed by atoms with Crippen LogP contribution < -0.4 is 0 Å². The molecule has 3 rings (SSSR count). The van der Waals surface area contributed by atoms with Crippen molar-refractivity contribution >= 4 is 28.6 Å². The van der Waals surface area contributed by atoms with Gasteiger partial charge in [0.1, 0.15) is 11.0 Å². The Morgan fingerprint density at radius 1 is 1.50 bits per heavy atom. The normalized spacial score (nSPS) is 19.7. The third-order valence-electron chi connectivity index (χ3n) is 3.12. The Balaban J connectivity index is 1.89. The summed E-state index contributed by atoms with van der Waals surface area (Å²) in [6.45, 7) is 1.40. The number of fused-ring (bicyclic) bond motifs is 1. The van der Waals surface area contributed by atoms with E-state index in [-0.39, 0.29) is 0 Å². The highest BCUT2D eigenvalue weighted by Crippen LogP contribution is 2.34. The van der Waals surface area contributed by atoms with Crippen LogP contribution in [0.4, 0.5) is 0 Å². The lowest BCUT2D eigenvalue weighted by Gasteiger charge is -2.32. The first-order valence-corrected chi connectivity index (χ1v) is 7.43. The lowest BCUT2D eigenvalue weighted by Crippen LogP contribution is -2.38. The number of carbonyl (C=O) groups is 1. The van der Waals surface area contributed by atoms with Gasteiger partial charge in [0.15, 0.2) is 0 Å². The topological polar surface area (TPSA) is 53.4 Å². The molecule has 0 saturated carbocycles. The smallest absolute Gasteiger partial charge is 0.325 e. The summed E-state index contributed by atoms with van der Waals surface area (Å²) < 4.78 is 0. The SMILES string of the molecule is O=C(O)C1c2ccsc2CCN1Cc1nccs1. The zero-order valence-corrected chi connectivity index (χ0v) is 11.2. The standard InChI is InChI=1S/C12H12N2O2S2/c15-12(16)11-8-2-5-17-9(8)1-4-14(11)7-10-13-3-6-18-10/h2-3,5-6,11H,1,4,7H2,(H,15,16). The molecular formula is C12H12N2O2S2. The van der Waals surface area contributed by atoms with E-state index in [2.05, 4.69) is 4.98 Å². The zero-order chi connectivity index (χ0) is 12.5. The van der Waals surface area contributed by atoms with Gasteiger partial charge >= 0.3 is 5.97 Å². The van der Waals surface area contributed by atoms with Gasteiger partial charge in [0, 0.05) is 23.0 Å². The summed E-state index contributed by atoms with van der Waals surface area (Å²) in [5.74, 6) is -0.772. The van der Waals surface area contributed by atoms with Gasteiger partial charge in [0.2, 0.25) is 0 Å². The van der Waals surface area contributed by atoms with Crippen LogP contribution in [0.3, 0.4) is 0 Å². The number of thiazole rings is 1. The lowest BCUT2D eigenvalue weighted by atomic mass is 10.0. The summed E-state index contributed by atoms with van der Waals surface area (Å²) in [5.41, 5.74) is 0.954.